The number of methoxy groups -OCH3 is 1. The van der Waals surface area contributed by atoms with E-state index in [1.165, 1.54) is 19.2 Å². The van der Waals surface area contributed by atoms with E-state index in [1.54, 1.807) is 30.3 Å². The average molecular weight is 421 g/mol. The highest BCUT2D eigenvalue weighted by Crippen LogP contribution is 2.28. The van der Waals surface area contributed by atoms with Crippen LogP contribution in [-0.4, -0.2) is 34.6 Å². The quantitative estimate of drug-likeness (QED) is 0.616. The van der Waals surface area contributed by atoms with Gasteiger partial charge in [0.25, 0.3) is 5.91 Å². The van der Waals surface area contributed by atoms with Crippen LogP contribution in [0, 0.1) is 5.92 Å². The normalized spacial score (nSPS) is 11.3. The van der Waals surface area contributed by atoms with E-state index in [4.69, 9.17) is 9.47 Å². The van der Waals surface area contributed by atoms with Gasteiger partial charge >= 0.3 is 0 Å². The summed E-state index contributed by atoms with van der Waals surface area (Å²) in [7, 11) is -2.01. The number of rotatable bonds is 10. The van der Waals surface area contributed by atoms with Crippen LogP contribution in [0.4, 0.5) is 0 Å². The molecule has 0 atom stereocenters. The molecule has 0 saturated carbocycles. The van der Waals surface area contributed by atoms with Crippen molar-refractivity contribution in [3.8, 4) is 11.5 Å². The molecule has 0 unspecified atom stereocenters. The van der Waals surface area contributed by atoms with Crippen LogP contribution in [0.25, 0.3) is 0 Å². The SMILES string of the molecule is CCOc1ccc(C(=O)NCc2ccc(S(=O)(=O)NCC(C)C)cc2)cc1OC. The molecular weight excluding hydrogens is 392 g/mol. The van der Waals surface area contributed by atoms with Crippen molar-refractivity contribution in [2.75, 3.05) is 20.3 Å². The number of carbonyl (C=O) groups is 1. The number of benzene rings is 2. The van der Waals surface area contributed by atoms with Crippen molar-refractivity contribution < 1.29 is 22.7 Å². The Morgan fingerprint density at radius 3 is 2.34 bits per heavy atom. The van der Waals surface area contributed by atoms with Crippen LogP contribution in [0.3, 0.4) is 0 Å². The third-order valence-electron chi connectivity index (χ3n) is 4.09. The van der Waals surface area contributed by atoms with Crippen LogP contribution in [0.15, 0.2) is 47.4 Å². The summed E-state index contributed by atoms with van der Waals surface area (Å²) in [6, 6.07) is 11.4. The predicted molar refractivity (Wildman–Crippen MR) is 112 cm³/mol. The van der Waals surface area contributed by atoms with Gasteiger partial charge in [0.2, 0.25) is 10.0 Å². The standard InChI is InChI=1S/C21H28N2O5S/c1-5-28-19-11-8-17(12-20(19)27-4)21(24)22-14-16-6-9-18(10-7-16)29(25,26)23-13-15(2)3/h6-12,15,23H,5,13-14H2,1-4H3,(H,22,24). The van der Waals surface area contributed by atoms with E-state index in [-0.39, 0.29) is 23.3 Å². The van der Waals surface area contributed by atoms with Gasteiger partial charge in [0, 0.05) is 18.7 Å². The van der Waals surface area contributed by atoms with E-state index in [0.717, 1.165) is 5.56 Å². The molecule has 0 aliphatic heterocycles. The van der Waals surface area contributed by atoms with Gasteiger partial charge in [-0.25, -0.2) is 13.1 Å². The van der Waals surface area contributed by atoms with Crippen LogP contribution >= 0.6 is 0 Å². The summed E-state index contributed by atoms with van der Waals surface area (Å²) >= 11 is 0. The molecule has 0 aliphatic carbocycles. The first-order valence-electron chi connectivity index (χ1n) is 9.44. The highest BCUT2D eigenvalue weighted by Gasteiger charge is 2.14. The Balaban J connectivity index is 2.00. The van der Waals surface area contributed by atoms with Gasteiger partial charge < -0.3 is 14.8 Å². The molecule has 0 bridgehead atoms. The summed E-state index contributed by atoms with van der Waals surface area (Å²) < 4.78 is 37.7. The molecule has 2 aromatic carbocycles. The second kappa shape index (κ2) is 10.3. The summed E-state index contributed by atoms with van der Waals surface area (Å²) in [6.45, 7) is 6.90. The molecule has 158 valence electrons. The molecule has 2 N–H and O–H groups in total. The number of hydrogen-bond acceptors (Lipinski definition) is 5. The van der Waals surface area contributed by atoms with E-state index in [0.29, 0.717) is 30.2 Å². The van der Waals surface area contributed by atoms with Crippen molar-refractivity contribution in [2.45, 2.75) is 32.2 Å². The van der Waals surface area contributed by atoms with Crippen LogP contribution < -0.4 is 19.5 Å². The Morgan fingerprint density at radius 1 is 1.07 bits per heavy atom. The van der Waals surface area contributed by atoms with Gasteiger partial charge in [0.15, 0.2) is 11.5 Å². The number of ether oxygens (including phenoxy) is 2. The van der Waals surface area contributed by atoms with Gasteiger partial charge in [-0.15, -0.1) is 0 Å². The maximum absolute atomic E-state index is 12.4. The molecule has 0 fully saturated rings. The maximum Gasteiger partial charge on any atom is 0.251 e. The molecule has 0 saturated heterocycles. The van der Waals surface area contributed by atoms with Gasteiger partial charge in [0.05, 0.1) is 18.6 Å². The Labute approximate surface area is 172 Å². The minimum Gasteiger partial charge on any atom is -0.493 e. The number of amides is 1. The summed E-state index contributed by atoms with van der Waals surface area (Å²) in [6.07, 6.45) is 0. The van der Waals surface area contributed by atoms with E-state index in [9.17, 15) is 13.2 Å². The number of hydrogen-bond donors (Lipinski definition) is 2. The molecule has 0 aliphatic rings. The lowest BCUT2D eigenvalue weighted by atomic mass is 10.1. The minimum atomic E-state index is -3.53. The van der Waals surface area contributed by atoms with Crippen LogP contribution in [-0.2, 0) is 16.6 Å². The van der Waals surface area contributed by atoms with E-state index in [1.807, 2.05) is 20.8 Å². The Bertz CT molecular complexity index is 925. The summed E-state index contributed by atoms with van der Waals surface area (Å²) in [4.78, 5) is 12.6. The highest BCUT2D eigenvalue weighted by molar-refractivity contribution is 7.89. The van der Waals surface area contributed by atoms with E-state index < -0.39 is 10.0 Å². The zero-order chi connectivity index (χ0) is 21.4. The topological polar surface area (TPSA) is 93.7 Å². The lowest BCUT2D eigenvalue weighted by Crippen LogP contribution is -2.27. The van der Waals surface area contributed by atoms with Crippen molar-refractivity contribution in [2.24, 2.45) is 5.92 Å². The monoisotopic (exact) mass is 420 g/mol. The summed E-state index contributed by atoms with van der Waals surface area (Å²) in [5.74, 6) is 1.03. The second-order valence-electron chi connectivity index (χ2n) is 6.87. The fraction of sp³-hybridized carbons (Fsp3) is 0.381. The number of carbonyl (C=O) groups excluding carboxylic acids is 1. The van der Waals surface area contributed by atoms with Gasteiger partial charge in [-0.1, -0.05) is 26.0 Å². The first kappa shape index (κ1) is 22.7. The molecule has 0 aromatic heterocycles. The van der Waals surface area contributed by atoms with Crippen LogP contribution in [0.2, 0.25) is 0 Å². The molecule has 2 aromatic rings. The minimum absolute atomic E-state index is 0.199. The number of nitrogens with one attached hydrogen (secondary N) is 2. The van der Waals surface area contributed by atoms with Gasteiger partial charge in [-0.05, 0) is 48.7 Å². The Kier molecular flexibility index (Phi) is 8.04. The molecule has 0 radical (unpaired) electrons. The average Bonchev–Trinajstić information content (AvgIpc) is 2.71. The molecular formula is C21H28N2O5S. The molecule has 2 rings (SSSR count). The third kappa shape index (κ3) is 6.47. The zero-order valence-electron chi connectivity index (χ0n) is 17.2. The van der Waals surface area contributed by atoms with Gasteiger partial charge in [-0.3, -0.25) is 4.79 Å². The molecule has 29 heavy (non-hydrogen) atoms. The predicted octanol–water partition coefficient (Wildman–Crippen LogP) is 2.96. The molecule has 0 heterocycles. The number of sulfonamides is 1. The van der Waals surface area contributed by atoms with Crippen LogP contribution in [0.1, 0.15) is 36.7 Å². The smallest absolute Gasteiger partial charge is 0.251 e. The highest BCUT2D eigenvalue weighted by atomic mass is 32.2. The molecule has 7 nitrogen and oxygen atoms in total. The van der Waals surface area contributed by atoms with Crippen molar-refractivity contribution in [1.29, 1.82) is 0 Å². The first-order chi connectivity index (χ1) is 13.8. The van der Waals surface area contributed by atoms with Crippen molar-refractivity contribution in [1.82, 2.24) is 10.0 Å². The van der Waals surface area contributed by atoms with Gasteiger partial charge in [0.1, 0.15) is 0 Å². The Hall–Kier alpha value is -2.58. The fourth-order valence-corrected chi connectivity index (χ4v) is 3.73. The largest absolute Gasteiger partial charge is 0.493 e. The van der Waals surface area contributed by atoms with Crippen molar-refractivity contribution in [3.05, 3.63) is 53.6 Å². The van der Waals surface area contributed by atoms with Crippen molar-refractivity contribution >= 4 is 15.9 Å². The Morgan fingerprint density at radius 2 is 1.76 bits per heavy atom. The van der Waals surface area contributed by atoms with Gasteiger partial charge in [-0.2, -0.15) is 0 Å². The lowest BCUT2D eigenvalue weighted by molar-refractivity contribution is 0.0950. The maximum atomic E-state index is 12.4. The summed E-state index contributed by atoms with van der Waals surface area (Å²) in [5.41, 5.74) is 1.24. The molecule has 1 amide bonds. The second-order valence-corrected chi connectivity index (χ2v) is 8.64. The first-order valence-corrected chi connectivity index (χ1v) is 10.9. The van der Waals surface area contributed by atoms with Crippen molar-refractivity contribution in [3.63, 3.8) is 0 Å². The van der Waals surface area contributed by atoms with E-state index >= 15 is 0 Å². The molecule has 8 heteroatoms. The zero-order valence-corrected chi connectivity index (χ0v) is 18.0. The lowest BCUT2D eigenvalue weighted by Gasteiger charge is -2.12. The van der Waals surface area contributed by atoms with Crippen LogP contribution in [0.5, 0.6) is 11.5 Å². The fourth-order valence-electron chi connectivity index (χ4n) is 2.51. The summed E-state index contributed by atoms with van der Waals surface area (Å²) in [5, 5.41) is 2.82. The molecule has 0 spiro atoms. The van der Waals surface area contributed by atoms with E-state index in [2.05, 4.69) is 10.0 Å². The third-order valence-corrected chi connectivity index (χ3v) is 5.53.